The van der Waals surface area contributed by atoms with Crippen molar-refractivity contribution in [1.82, 2.24) is 9.78 Å². The molecule has 1 aromatic heterocycles. The van der Waals surface area contributed by atoms with Gasteiger partial charge in [-0.2, -0.15) is 5.10 Å². The van der Waals surface area contributed by atoms with Gasteiger partial charge in [0.1, 0.15) is 5.82 Å². The first kappa shape index (κ1) is 13.0. The highest BCUT2D eigenvalue weighted by Gasteiger charge is 2.20. The number of halogens is 2. The standard InChI is InChI=1S/C13H12BrFN2O/c1-3-11-9(7-17(2)16-11)13(18)8-5-4-6-10(14)12(8)15/h4-7H,3H2,1-2H3. The lowest BCUT2D eigenvalue weighted by molar-refractivity contribution is 0.103. The molecule has 0 atom stereocenters. The Morgan fingerprint density at radius 3 is 2.83 bits per heavy atom. The molecule has 0 bridgehead atoms. The third kappa shape index (κ3) is 2.22. The lowest BCUT2D eigenvalue weighted by atomic mass is 10.0. The van der Waals surface area contributed by atoms with E-state index in [1.165, 1.54) is 6.07 Å². The number of hydrogen-bond acceptors (Lipinski definition) is 2. The van der Waals surface area contributed by atoms with Crippen molar-refractivity contribution in [3.8, 4) is 0 Å². The maximum Gasteiger partial charge on any atom is 0.199 e. The largest absolute Gasteiger partial charge is 0.288 e. The van der Waals surface area contributed by atoms with Gasteiger partial charge < -0.3 is 0 Å². The molecule has 0 fully saturated rings. The van der Waals surface area contributed by atoms with Gasteiger partial charge in [0, 0.05) is 13.2 Å². The number of benzene rings is 1. The fourth-order valence-electron chi connectivity index (χ4n) is 1.81. The zero-order chi connectivity index (χ0) is 13.3. The van der Waals surface area contributed by atoms with E-state index < -0.39 is 5.82 Å². The third-order valence-electron chi connectivity index (χ3n) is 2.68. The summed E-state index contributed by atoms with van der Waals surface area (Å²) >= 11 is 3.08. The van der Waals surface area contributed by atoms with E-state index in [0.717, 1.165) is 0 Å². The number of aromatic nitrogens is 2. The summed E-state index contributed by atoms with van der Waals surface area (Å²) in [4.78, 5) is 12.3. The molecule has 0 aliphatic rings. The van der Waals surface area contributed by atoms with Crippen LogP contribution in [0, 0.1) is 5.82 Å². The number of ketones is 1. The molecule has 18 heavy (non-hydrogen) atoms. The van der Waals surface area contributed by atoms with Gasteiger partial charge in [-0.05, 0) is 34.5 Å². The van der Waals surface area contributed by atoms with Crippen LogP contribution in [0.1, 0.15) is 28.5 Å². The van der Waals surface area contributed by atoms with Gasteiger partial charge in [-0.3, -0.25) is 9.48 Å². The van der Waals surface area contributed by atoms with Crippen LogP contribution in [0.5, 0.6) is 0 Å². The summed E-state index contributed by atoms with van der Waals surface area (Å²) in [7, 11) is 1.74. The molecule has 0 unspecified atom stereocenters. The van der Waals surface area contributed by atoms with Crippen LogP contribution in [-0.2, 0) is 13.5 Å². The number of aryl methyl sites for hydroxylation is 2. The number of hydrogen-bond donors (Lipinski definition) is 0. The van der Waals surface area contributed by atoms with Crippen molar-refractivity contribution in [2.45, 2.75) is 13.3 Å². The van der Waals surface area contributed by atoms with Crippen molar-refractivity contribution in [1.29, 1.82) is 0 Å². The summed E-state index contributed by atoms with van der Waals surface area (Å²) in [5.74, 6) is -0.868. The van der Waals surface area contributed by atoms with Crippen LogP contribution in [0.15, 0.2) is 28.9 Å². The van der Waals surface area contributed by atoms with Gasteiger partial charge >= 0.3 is 0 Å². The van der Waals surface area contributed by atoms with Crippen molar-refractivity contribution in [2.75, 3.05) is 0 Å². The average Bonchev–Trinajstić information content (AvgIpc) is 2.73. The number of carbonyl (C=O) groups excluding carboxylic acids is 1. The Labute approximate surface area is 113 Å². The molecule has 94 valence electrons. The molecule has 0 amide bonds. The minimum Gasteiger partial charge on any atom is -0.288 e. The Morgan fingerprint density at radius 1 is 1.44 bits per heavy atom. The number of carbonyl (C=O) groups is 1. The van der Waals surface area contributed by atoms with E-state index in [-0.39, 0.29) is 15.8 Å². The highest BCUT2D eigenvalue weighted by molar-refractivity contribution is 9.10. The predicted molar refractivity (Wildman–Crippen MR) is 70.1 cm³/mol. The average molecular weight is 311 g/mol. The number of rotatable bonds is 3. The van der Waals surface area contributed by atoms with Gasteiger partial charge in [0.05, 0.1) is 21.3 Å². The summed E-state index contributed by atoms with van der Waals surface area (Å²) in [6.45, 7) is 1.91. The van der Waals surface area contributed by atoms with Crippen LogP contribution >= 0.6 is 15.9 Å². The first-order chi connectivity index (χ1) is 8.54. The van der Waals surface area contributed by atoms with Crippen molar-refractivity contribution in [3.63, 3.8) is 0 Å². The lowest BCUT2D eigenvalue weighted by Gasteiger charge is -2.03. The van der Waals surface area contributed by atoms with Crippen molar-refractivity contribution in [3.05, 3.63) is 51.5 Å². The van der Waals surface area contributed by atoms with E-state index in [2.05, 4.69) is 21.0 Å². The molecular formula is C13H12BrFN2O. The van der Waals surface area contributed by atoms with Gasteiger partial charge in [-0.15, -0.1) is 0 Å². The van der Waals surface area contributed by atoms with Gasteiger partial charge in [0.25, 0.3) is 0 Å². The fraction of sp³-hybridized carbons (Fsp3) is 0.231. The molecule has 2 aromatic rings. The Hall–Kier alpha value is -1.49. The fourth-order valence-corrected chi connectivity index (χ4v) is 2.18. The molecule has 1 heterocycles. The van der Waals surface area contributed by atoms with Crippen molar-refractivity contribution >= 4 is 21.7 Å². The quantitative estimate of drug-likeness (QED) is 0.816. The third-order valence-corrected chi connectivity index (χ3v) is 3.29. The molecule has 0 aliphatic carbocycles. The zero-order valence-corrected chi connectivity index (χ0v) is 11.7. The first-order valence-corrected chi connectivity index (χ1v) is 6.35. The van der Waals surface area contributed by atoms with Crippen LogP contribution < -0.4 is 0 Å². The van der Waals surface area contributed by atoms with Crippen LogP contribution in [0.3, 0.4) is 0 Å². The highest BCUT2D eigenvalue weighted by atomic mass is 79.9. The minimum absolute atomic E-state index is 0.0621. The van der Waals surface area contributed by atoms with E-state index in [1.807, 2.05) is 6.92 Å². The van der Waals surface area contributed by atoms with Crippen LogP contribution in [-0.4, -0.2) is 15.6 Å². The maximum atomic E-state index is 13.9. The molecule has 3 nitrogen and oxygen atoms in total. The van der Waals surface area contributed by atoms with E-state index in [0.29, 0.717) is 17.7 Å². The molecule has 0 spiro atoms. The van der Waals surface area contributed by atoms with Crippen LogP contribution in [0.2, 0.25) is 0 Å². The second-order valence-corrected chi connectivity index (χ2v) is 4.80. The Morgan fingerprint density at radius 2 is 2.17 bits per heavy atom. The normalized spacial score (nSPS) is 10.7. The molecule has 0 saturated heterocycles. The summed E-state index contributed by atoms with van der Waals surface area (Å²) in [5.41, 5.74) is 1.20. The summed E-state index contributed by atoms with van der Waals surface area (Å²) < 4.78 is 15.7. The second-order valence-electron chi connectivity index (χ2n) is 3.95. The molecule has 0 N–H and O–H groups in total. The molecule has 5 heteroatoms. The van der Waals surface area contributed by atoms with Gasteiger partial charge in [-0.25, -0.2) is 4.39 Å². The zero-order valence-electron chi connectivity index (χ0n) is 10.1. The first-order valence-electron chi connectivity index (χ1n) is 5.55. The summed E-state index contributed by atoms with van der Waals surface area (Å²) in [6, 6.07) is 4.69. The summed E-state index contributed by atoms with van der Waals surface area (Å²) in [5, 5.41) is 4.19. The summed E-state index contributed by atoms with van der Waals surface area (Å²) in [6.07, 6.45) is 2.26. The van der Waals surface area contributed by atoms with Crippen LogP contribution in [0.4, 0.5) is 4.39 Å². The van der Waals surface area contributed by atoms with Gasteiger partial charge in [-0.1, -0.05) is 13.0 Å². The highest BCUT2D eigenvalue weighted by Crippen LogP contribution is 2.22. The molecule has 1 aromatic carbocycles. The Balaban J connectivity index is 2.51. The number of nitrogens with zero attached hydrogens (tertiary/aromatic N) is 2. The second kappa shape index (κ2) is 5.02. The van der Waals surface area contributed by atoms with Gasteiger partial charge in [0.15, 0.2) is 5.78 Å². The SMILES string of the molecule is CCc1nn(C)cc1C(=O)c1cccc(Br)c1F. The Bertz CT molecular complexity index is 607. The molecular weight excluding hydrogens is 299 g/mol. The van der Waals surface area contributed by atoms with Crippen molar-refractivity contribution < 1.29 is 9.18 Å². The monoisotopic (exact) mass is 310 g/mol. The molecule has 0 radical (unpaired) electrons. The van der Waals surface area contributed by atoms with Crippen molar-refractivity contribution in [2.24, 2.45) is 7.05 Å². The Kier molecular flexibility index (Phi) is 3.61. The molecule has 0 saturated carbocycles. The van der Waals surface area contributed by atoms with Gasteiger partial charge in [0.2, 0.25) is 0 Å². The maximum absolute atomic E-state index is 13.9. The van der Waals surface area contributed by atoms with Crippen LogP contribution in [0.25, 0.3) is 0 Å². The topological polar surface area (TPSA) is 34.9 Å². The lowest BCUT2D eigenvalue weighted by Crippen LogP contribution is -2.06. The van der Waals surface area contributed by atoms with E-state index in [4.69, 9.17) is 0 Å². The molecule has 2 rings (SSSR count). The minimum atomic E-state index is -0.534. The smallest absolute Gasteiger partial charge is 0.199 e. The van der Waals surface area contributed by atoms with E-state index >= 15 is 0 Å². The van der Waals surface area contributed by atoms with E-state index in [9.17, 15) is 9.18 Å². The molecule has 0 aliphatic heterocycles. The predicted octanol–water partition coefficient (Wildman–Crippen LogP) is 3.12. The van der Waals surface area contributed by atoms with E-state index in [1.54, 1.807) is 30.1 Å².